The maximum absolute atomic E-state index is 11.6. The first kappa shape index (κ1) is 19.1. The van der Waals surface area contributed by atoms with Crippen molar-refractivity contribution in [1.82, 2.24) is 5.32 Å². The Morgan fingerprint density at radius 2 is 1.70 bits per heavy atom. The molecule has 1 saturated carbocycles. The van der Waals surface area contributed by atoms with Crippen LogP contribution in [0, 0.1) is 0 Å². The average molecular weight is 327 g/mol. The van der Waals surface area contributed by atoms with Crippen LogP contribution in [0.4, 0.5) is 4.79 Å². The number of amides is 1. The third kappa shape index (κ3) is 7.76. The van der Waals surface area contributed by atoms with E-state index in [9.17, 15) is 19.2 Å². The molecule has 7 nitrogen and oxygen atoms in total. The minimum Gasteiger partial charge on any atom is -0.446 e. The van der Waals surface area contributed by atoms with Gasteiger partial charge >= 0.3 is 12.1 Å². The van der Waals surface area contributed by atoms with Crippen molar-refractivity contribution in [2.24, 2.45) is 0 Å². The minimum absolute atomic E-state index is 0.156. The van der Waals surface area contributed by atoms with E-state index in [1.807, 2.05) is 0 Å². The lowest BCUT2D eigenvalue weighted by atomic mass is 10.2. The topological polar surface area (TPSA) is 98.8 Å². The molecule has 0 heterocycles. The second kappa shape index (κ2) is 8.64. The van der Waals surface area contributed by atoms with Crippen LogP contribution in [0.5, 0.6) is 0 Å². The number of esters is 1. The molecule has 0 aromatic carbocycles. The molecule has 1 aliphatic carbocycles. The van der Waals surface area contributed by atoms with Crippen LogP contribution in [0.25, 0.3) is 0 Å². The summed E-state index contributed by atoms with van der Waals surface area (Å²) in [5, 5.41) is 2.63. The normalized spacial score (nSPS) is 15.6. The third-order valence-corrected chi connectivity index (χ3v) is 3.18. The molecule has 0 saturated heterocycles. The second-order valence-corrected chi connectivity index (χ2v) is 6.54. The summed E-state index contributed by atoms with van der Waals surface area (Å²) in [4.78, 5) is 45.7. The van der Waals surface area contributed by atoms with E-state index in [1.165, 1.54) is 0 Å². The van der Waals surface area contributed by atoms with Gasteiger partial charge in [-0.25, -0.2) is 4.79 Å². The third-order valence-electron chi connectivity index (χ3n) is 3.18. The fourth-order valence-corrected chi connectivity index (χ4v) is 2.09. The van der Waals surface area contributed by atoms with E-state index in [4.69, 9.17) is 9.47 Å². The number of ketones is 2. The summed E-state index contributed by atoms with van der Waals surface area (Å²) in [6.45, 7) is 5.83. The summed E-state index contributed by atoms with van der Waals surface area (Å²) in [5.74, 6) is -1.16. The van der Waals surface area contributed by atoms with Gasteiger partial charge in [0.05, 0.1) is 0 Å². The van der Waals surface area contributed by atoms with E-state index >= 15 is 0 Å². The monoisotopic (exact) mass is 327 g/mol. The highest BCUT2D eigenvalue weighted by molar-refractivity contribution is 6.12. The summed E-state index contributed by atoms with van der Waals surface area (Å²) in [6.07, 6.45) is 0.824. The van der Waals surface area contributed by atoms with Gasteiger partial charge in [-0.2, -0.15) is 0 Å². The van der Waals surface area contributed by atoms with Gasteiger partial charge in [0, 0.05) is 25.8 Å². The first-order valence-corrected chi connectivity index (χ1v) is 7.91. The van der Waals surface area contributed by atoms with Gasteiger partial charge in [0.25, 0.3) is 0 Å². The predicted molar refractivity (Wildman–Crippen MR) is 81.8 cm³/mol. The Morgan fingerprint density at radius 1 is 1.09 bits per heavy atom. The highest BCUT2D eigenvalue weighted by Crippen LogP contribution is 2.15. The van der Waals surface area contributed by atoms with Crippen LogP contribution in [0.2, 0.25) is 0 Å². The molecule has 0 aliphatic heterocycles. The van der Waals surface area contributed by atoms with Crippen LogP contribution < -0.4 is 5.32 Å². The van der Waals surface area contributed by atoms with Gasteiger partial charge in [-0.3, -0.25) is 14.4 Å². The van der Waals surface area contributed by atoms with Crippen molar-refractivity contribution in [2.45, 2.75) is 71.0 Å². The maximum atomic E-state index is 11.6. The van der Waals surface area contributed by atoms with Gasteiger partial charge in [-0.1, -0.05) is 6.42 Å². The van der Waals surface area contributed by atoms with Gasteiger partial charge < -0.3 is 14.8 Å². The molecular weight excluding hydrogens is 302 g/mol. The van der Waals surface area contributed by atoms with E-state index < -0.39 is 23.8 Å². The number of alkyl carbamates (subject to hydrolysis) is 1. The Labute approximate surface area is 136 Å². The number of Topliss-reactive ketones (excluding diaryl/α,β-unsaturated/α-hetero) is 2. The number of hydrogen-bond donors (Lipinski definition) is 1. The molecule has 0 aromatic rings. The van der Waals surface area contributed by atoms with Crippen molar-refractivity contribution < 1.29 is 28.7 Å². The van der Waals surface area contributed by atoms with E-state index in [2.05, 4.69) is 5.32 Å². The number of ether oxygens (including phenoxy) is 2. The molecule has 0 spiro atoms. The highest BCUT2D eigenvalue weighted by atomic mass is 16.6. The molecule has 1 amide bonds. The van der Waals surface area contributed by atoms with Crippen molar-refractivity contribution in [3.05, 3.63) is 0 Å². The minimum atomic E-state index is -1.18. The maximum Gasteiger partial charge on any atom is 0.407 e. The van der Waals surface area contributed by atoms with Crippen LogP contribution in [-0.4, -0.2) is 41.9 Å². The molecule has 1 rings (SSSR count). The Balaban J connectivity index is 2.06. The molecule has 0 atom stereocenters. The Kier molecular flexibility index (Phi) is 7.19. The first-order chi connectivity index (χ1) is 10.7. The Bertz CT molecular complexity index is 450. The van der Waals surface area contributed by atoms with E-state index in [0.717, 1.165) is 6.42 Å². The van der Waals surface area contributed by atoms with Gasteiger partial charge in [-0.15, -0.1) is 0 Å². The number of nitrogens with one attached hydrogen (secondary N) is 1. The van der Waals surface area contributed by atoms with Crippen LogP contribution in [0.3, 0.4) is 0 Å². The number of unbranched alkanes of at least 4 members (excludes halogenated alkanes) is 2. The van der Waals surface area contributed by atoms with Gasteiger partial charge in [-0.05, 0) is 33.6 Å². The molecule has 23 heavy (non-hydrogen) atoms. The largest absolute Gasteiger partial charge is 0.446 e. The van der Waals surface area contributed by atoms with Gasteiger partial charge in [0.1, 0.15) is 5.60 Å². The molecule has 0 bridgehead atoms. The second-order valence-electron chi connectivity index (χ2n) is 6.54. The van der Waals surface area contributed by atoms with Crippen molar-refractivity contribution >= 4 is 23.6 Å². The van der Waals surface area contributed by atoms with Crippen molar-refractivity contribution in [1.29, 1.82) is 0 Å². The van der Waals surface area contributed by atoms with Crippen LogP contribution in [-0.2, 0) is 23.9 Å². The SMILES string of the molecule is CC(C)(C)OC(=O)NCCCCCC(=O)OC1C(=O)CCC1=O. The van der Waals surface area contributed by atoms with Crippen molar-refractivity contribution in [2.75, 3.05) is 6.54 Å². The van der Waals surface area contributed by atoms with Gasteiger partial charge in [0.2, 0.25) is 6.10 Å². The molecule has 7 heteroatoms. The lowest BCUT2D eigenvalue weighted by molar-refractivity contribution is -0.157. The van der Waals surface area contributed by atoms with Crippen molar-refractivity contribution in [3.8, 4) is 0 Å². The molecule has 130 valence electrons. The fraction of sp³-hybridized carbons (Fsp3) is 0.750. The van der Waals surface area contributed by atoms with E-state index in [1.54, 1.807) is 20.8 Å². The number of carbonyl (C=O) groups is 4. The van der Waals surface area contributed by atoms with Crippen molar-refractivity contribution in [3.63, 3.8) is 0 Å². The number of rotatable bonds is 7. The zero-order valence-electron chi connectivity index (χ0n) is 14.0. The highest BCUT2D eigenvalue weighted by Gasteiger charge is 2.35. The van der Waals surface area contributed by atoms with Crippen LogP contribution in [0.1, 0.15) is 59.3 Å². The van der Waals surface area contributed by atoms with Crippen LogP contribution in [0.15, 0.2) is 0 Å². The lowest BCUT2D eigenvalue weighted by Crippen LogP contribution is -2.33. The smallest absolute Gasteiger partial charge is 0.407 e. The number of carbonyl (C=O) groups excluding carboxylic acids is 4. The summed E-state index contributed by atoms with van der Waals surface area (Å²) in [6, 6.07) is 0. The van der Waals surface area contributed by atoms with E-state index in [-0.39, 0.29) is 30.8 Å². The summed E-state index contributed by atoms with van der Waals surface area (Å²) in [7, 11) is 0. The average Bonchev–Trinajstić information content (AvgIpc) is 2.72. The predicted octanol–water partition coefficient (Wildman–Crippen LogP) is 1.92. The Hall–Kier alpha value is -1.92. The molecule has 1 N–H and O–H groups in total. The molecule has 1 fully saturated rings. The molecule has 0 unspecified atom stereocenters. The molecule has 0 radical (unpaired) electrons. The summed E-state index contributed by atoms with van der Waals surface area (Å²) < 4.78 is 10.00. The summed E-state index contributed by atoms with van der Waals surface area (Å²) in [5.41, 5.74) is -0.525. The first-order valence-electron chi connectivity index (χ1n) is 7.91. The van der Waals surface area contributed by atoms with E-state index in [0.29, 0.717) is 19.4 Å². The van der Waals surface area contributed by atoms with Crippen LogP contribution >= 0.6 is 0 Å². The zero-order valence-corrected chi connectivity index (χ0v) is 14.0. The molecule has 1 aliphatic rings. The standard InChI is InChI=1S/C16H25NO6/c1-16(2,3)23-15(21)17-10-6-4-5-7-13(20)22-14-11(18)8-9-12(14)19/h14H,4-10H2,1-3H3,(H,17,21). The van der Waals surface area contributed by atoms with Gasteiger partial charge in [0.15, 0.2) is 11.6 Å². The molecule has 0 aromatic heterocycles. The number of hydrogen-bond acceptors (Lipinski definition) is 6. The zero-order chi connectivity index (χ0) is 17.5. The lowest BCUT2D eigenvalue weighted by Gasteiger charge is -2.19. The fourth-order valence-electron chi connectivity index (χ4n) is 2.09. The summed E-state index contributed by atoms with van der Waals surface area (Å²) >= 11 is 0. The quantitative estimate of drug-likeness (QED) is 0.436. The molecular formula is C16H25NO6. The Morgan fingerprint density at radius 3 is 2.26 bits per heavy atom.